The maximum atomic E-state index is 12.2. The fourth-order valence-electron chi connectivity index (χ4n) is 3.87. The molecule has 1 aromatic heterocycles. The summed E-state index contributed by atoms with van der Waals surface area (Å²) in [5.41, 5.74) is 2.04. The topological polar surface area (TPSA) is 108 Å². The average Bonchev–Trinajstić information content (AvgIpc) is 2.82. The van der Waals surface area contributed by atoms with E-state index in [9.17, 15) is 4.79 Å². The Labute approximate surface area is 207 Å². The van der Waals surface area contributed by atoms with Crippen LogP contribution in [0.5, 0.6) is 5.75 Å². The summed E-state index contributed by atoms with van der Waals surface area (Å²) in [6.45, 7) is 10.6. The number of hydrogen-bond donors (Lipinski definition) is 2. The molecule has 1 saturated heterocycles. The van der Waals surface area contributed by atoms with E-state index >= 15 is 0 Å². The monoisotopic (exact) mass is 484 g/mol. The summed E-state index contributed by atoms with van der Waals surface area (Å²) in [5, 5.41) is 6.12. The summed E-state index contributed by atoms with van der Waals surface area (Å²) in [5.74, 6) is 1.23. The van der Waals surface area contributed by atoms with Crippen LogP contribution in [0.4, 0.5) is 29.0 Å². The molecule has 1 aliphatic heterocycles. The Morgan fingerprint density at radius 1 is 1.20 bits per heavy atom. The van der Waals surface area contributed by atoms with Gasteiger partial charge in [-0.25, -0.2) is 9.97 Å². The Morgan fingerprint density at radius 2 is 1.91 bits per heavy atom. The number of amides is 1. The highest BCUT2D eigenvalue weighted by atomic mass is 16.5. The fourth-order valence-corrected chi connectivity index (χ4v) is 3.87. The number of ether oxygens (including phenoxy) is 2. The first-order valence-electron chi connectivity index (χ1n) is 11.6. The number of carbonyl (C=O) groups is 1. The van der Waals surface area contributed by atoms with E-state index in [1.54, 1.807) is 7.11 Å². The lowest BCUT2D eigenvalue weighted by molar-refractivity contribution is -0.111. The summed E-state index contributed by atoms with van der Waals surface area (Å²) in [7, 11) is 7.60. The van der Waals surface area contributed by atoms with E-state index in [0.717, 1.165) is 18.8 Å². The lowest BCUT2D eigenvalue weighted by Gasteiger charge is -2.35. The van der Waals surface area contributed by atoms with Gasteiger partial charge in [-0.1, -0.05) is 6.58 Å². The Hall–Kier alpha value is -3.44. The number of nitrogens with one attached hydrogen (secondary N) is 2. The Morgan fingerprint density at radius 3 is 2.54 bits per heavy atom. The first-order valence-corrected chi connectivity index (χ1v) is 11.6. The second-order valence-electron chi connectivity index (χ2n) is 8.88. The van der Waals surface area contributed by atoms with E-state index in [0.29, 0.717) is 42.1 Å². The molecule has 1 fully saturated rings. The van der Waals surface area contributed by atoms with Crippen molar-refractivity contribution in [1.29, 1.82) is 0 Å². The normalized spacial score (nSPS) is 17.7. The summed E-state index contributed by atoms with van der Waals surface area (Å²) < 4.78 is 11.5. The lowest BCUT2D eigenvalue weighted by atomic mass is 10.2. The van der Waals surface area contributed by atoms with Crippen LogP contribution in [0.1, 0.15) is 13.8 Å². The molecule has 2 N–H and O–H groups in total. The molecule has 0 saturated carbocycles. The molecule has 190 valence electrons. The van der Waals surface area contributed by atoms with Crippen molar-refractivity contribution >= 4 is 34.9 Å². The van der Waals surface area contributed by atoms with Crippen molar-refractivity contribution in [1.82, 2.24) is 19.9 Å². The molecule has 2 aromatic rings. The molecule has 3 rings (SSSR count). The van der Waals surface area contributed by atoms with Gasteiger partial charge in [0.05, 0.1) is 36.4 Å². The number of benzene rings is 1. The minimum absolute atomic E-state index is 0.0834. The van der Waals surface area contributed by atoms with Crippen LogP contribution in [-0.4, -0.2) is 92.4 Å². The maximum Gasteiger partial charge on any atom is 0.247 e. The molecule has 0 aliphatic carbocycles. The molecule has 1 aromatic carbocycles. The number of likely N-dealkylation sites (N-methyl/N-ethyl adjacent to an activating group) is 2. The van der Waals surface area contributed by atoms with Gasteiger partial charge in [-0.3, -0.25) is 4.79 Å². The SMILES string of the molecule is C=CC(=O)Nc1cc(Nc2ncnc(N3CC(C)OC(C)C3)n2)c(OC)cc1N(C)CCN(C)C. The standard InChI is InChI=1S/C24H36N8O3/c1-8-22(33)27-18-11-19(21(34-7)12-20(18)31(6)10-9-30(4)5)28-23-25-15-26-24(29-23)32-13-16(2)35-17(3)14-32/h8,11-12,15-17H,1,9-10,13-14H2,2-7H3,(H,27,33)(H,25,26,28,29). The third-order valence-electron chi connectivity index (χ3n) is 5.56. The number of carbonyl (C=O) groups excluding carboxylic acids is 1. The maximum absolute atomic E-state index is 12.2. The minimum atomic E-state index is -0.304. The predicted molar refractivity (Wildman–Crippen MR) is 139 cm³/mol. The zero-order valence-corrected chi connectivity index (χ0v) is 21.4. The van der Waals surface area contributed by atoms with Crippen LogP contribution >= 0.6 is 0 Å². The van der Waals surface area contributed by atoms with Gasteiger partial charge in [-0.2, -0.15) is 4.98 Å². The van der Waals surface area contributed by atoms with Crippen LogP contribution in [0.25, 0.3) is 0 Å². The van der Waals surface area contributed by atoms with E-state index in [1.165, 1.54) is 12.4 Å². The van der Waals surface area contributed by atoms with E-state index in [-0.39, 0.29) is 18.1 Å². The summed E-state index contributed by atoms with van der Waals surface area (Å²) in [4.78, 5) is 31.7. The molecule has 1 aliphatic rings. The molecule has 0 bridgehead atoms. The van der Waals surface area contributed by atoms with Gasteiger partial charge in [0, 0.05) is 39.3 Å². The van der Waals surface area contributed by atoms with Gasteiger partial charge in [-0.15, -0.1) is 0 Å². The fraction of sp³-hybridized carbons (Fsp3) is 0.500. The molecule has 0 spiro atoms. The number of hydrogen-bond acceptors (Lipinski definition) is 10. The average molecular weight is 485 g/mol. The van der Waals surface area contributed by atoms with Crippen molar-refractivity contribution in [3.63, 3.8) is 0 Å². The number of rotatable bonds is 10. The van der Waals surface area contributed by atoms with Crippen molar-refractivity contribution in [2.24, 2.45) is 0 Å². The van der Waals surface area contributed by atoms with Gasteiger partial charge in [0.25, 0.3) is 0 Å². The highest BCUT2D eigenvalue weighted by Gasteiger charge is 2.24. The van der Waals surface area contributed by atoms with Gasteiger partial charge in [0.1, 0.15) is 12.1 Å². The molecule has 0 radical (unpaired) electrons. The van der Waals surface area contributed by atoms with E-state index < -0.39 is 0 Å². The number of aromatic nitrogens is 3. The quantitative estimate of drug-likeness (QED) is 0.488. The highest BCUT2D eigenvalue weighted by Crippen LogP contribution is 2.38. The second-order valence-corrected chi connectivity index (χ2v) is 8.88. The van der Waals surface area contributed by atoms with Crippen LogP contribution in [0.2, 0.25) is 0 Å². The number of nitrogens with zero attached hydrogens (tertiary/aromatic N) is 6. The van der Waals surface area contributed by atoms with Crippen LogP contribution < -0.4 is 25.2 Å². The van der Waals surface area contributed by atoms with Crippen molar-refractivity contribution in [2.75, 3.05) is 74.9 Å². The molecule has 2 heterocycles. The molecule has 11 heteroatoms. The first kappa shape index (κ1) is 26.2. The van der Waals surface area contributed by atoms with E-state index in [1.807, 2.05) is 47.1 Å². The summed E-state index contributed by atoms with van der Waals surface area (Å²) >= 11 is 0. The van der Waals surface area contributed by atoms with Gasteiger partial charge in [-0.05, 0) is 40.1 Å². The van der Waals surface area contributed by atoms with Crippen LogP contribution in [0.3, 0.4) is 0 Å². The van der Waals surface area contributed by atoms with Crippen molar-refractivity contribution in [3.05, 3.63) is 31.1 Å². The molecular weight excluding hydrogens is 448 g/mol. The summed E-state index contributed by atoms with van der Waals surface area (Å²) in [6, 6.07) is 3.69. The Bertz CT molecular complexity index is 1020. The number of methoxy groups -OCH3 is 1. The molecule has 2 unspecified atom stereocenters. The van der Waals surface area contributed by atoms with Gasteiger partial charge in [0.2, 0.25) is 17.8 Å². The van der Waals surface area contributed by atoms with Crippen LogP contribution in [0.15, 0.2) is 31.1 Å². The van der Waals surface area contributed by atoms with Crippen molar-refractivity contribution in [2.45, 2.75) is 26.1 Å². The Balaban J connectivity index is 1.91. The number of morpholine rings is 1. The van der Waals surface area contributed by atoms with Gasteiger partial charge in [0.15, 0.2) is 0 Å². The van der Waals surface area contributed by atoms with Gasteiger partial charge >= 0.3 is 0 Å². The Kier molecular flexibility index (Phi) is 8.83. The molecule has 35 heavy (non-hydrogen) atoms. The van der Waals surface area contributed by atoms with Gasteiger partial charge < -0.3 is 34.8 Å². The largest absolute Gasteiger partial charge is 0.494 e. The smallest absolute Gasteiger partial charge is 0.247 e. The van der Waals surface area contributed by atoms with Crippen LogP contribution in [0, 0.1) is 0 Å². The zero-order chi connectivity index (χ0) is 25.5. The first-order chi connectivity index (χ1) is 16.7. The molecule has 11 nitrogen and oxygen atoms in total. The molecular formula is C24H36N8O3. The van der Waals surface area contributed by atoms with Crippen molar-refractivity contribution < 1.29 is 14.3 Å². The summed E-state index contributed by atoms with van der Waals surface area (Å²) in [6.07, 6.45) is 2.88. The third kappa shape index (κ3) is 7.03. The van der Waals surface area contributed by atoms with E-state index in [2.05, 4.69) is 46.9 Å². The predicted octanol–water partition coefficient (Wildman–Crippen LogP) is 2.36. The number of anilines is 5. The molecule has 2 atom stereocenters. The minimum Gasteiger partial charge on any atom is -0.494 e. The van der Waals surface area contributed by atoms with Crippen LogP contribution in [-0.2, 0) is 9.53 Å². The molecule has 1 amide bonds. The zero-order valence-electron chi connectivity index (χ0n) is 21.4. The van der Waals surface area contributed by atoms with E-state index in [4.69, 9.17) is 9.47 Å². The lowest BCUT2D eigenvalue weighted by Crippen LogP contribution is -2.46. The third-order valence-corrected chi connectivity index (χ3v) is 5.56. The second kappa shape index (κ2) is 11.8. The van der Waals surface area contributed by atoms with Crippen molar-refractivity contribution in [3.8, 4) is 5.75 Å². The highest BCUT2D eigenvalue weighted by molar-refractivity contribution is 6.02.